The molecule has 13 heavy (non-hydrogen) atoms. The molecule has 0 aromatic carbocycles. The highest BCUT2D eigenvalue weighted by Crippen LogP contribution is 2.18. The molecule has 1 rings (SSSR count). The third kappa shape index (κ3) is 1.88. The average Bonchev–Trinajstić information content (AvgIpc) is 2.04. The van der Waals surface area contributed by atoms with E-state index in [1.54, 1.807) is 18.2 Å². The van der Waals surface area contributed by atoms with Gasteiger partial charge in [-0.1, -0.05) is 12.7 Å². The molecule has 0 amide bonds. The van der Waals surface area contributed by atoms with Gasteiger partial charge >= 0.3 is 0 Å². The zero-order valence-corrected chi connectivity index (χ0v) is 8.12. The number of hydrogen-bond donors (Lipinski definition) is 0. The molecule has 1 aliphatic rings. The van der Waals surface area contributed by atoms with Crippen molar-refractivity contribution in [1.82, 2.24) is 0 Å². The van der Waals surface area contributed by atoms with Crippen molar-refractivity contribution in [2.45, 2.75) is 0 Å². The summed E-state index contributed by atoms with van der Waals surface area (Å²) in [4.78, 5) is 0. The standard InChI is InChI=1S/C8H11NO3S/c1-3-8-4-6-9(2,7-5-8)13(10,11)12/h3-6H,1,7H2,2H3. The van der Waals surface area contributed by atoms with Crippen molar-refractivity contribution in [2.24, 2.45) is 0 Å². The fourth-order valence-electron chi connectivity index (χ4n) is 0.977. The maximum absolute atomic E-state index is 10.8. The van der Waals surface area contributed by atoms with Gasteiger partial charge in [0.25, 0.3) is 10.3 Å². The second-order valence-electron chi connectivity index (χ2n) is 3.01. The Balaban J connectivity index is 3.00. The molecule has 4 nitrogen and oxygen atoms in total. The van der Waals surface area contributed by atoms with Crippen LogP contribution in [0.4, 0.5) is 0 Å². The number of hydrogen-bond acceptors (Lipinski definition) is 3. The van der Waals surface area contributed by atoms with E-state index in [0.29, 0.717) is 0 Å². The predicted octanol–water partition coefficient (Wildman–Crippen LogP) is 0.533. The first-order chi connectivity index (χ1) is 5.89. The normalized spacial score (nSPS) is 28.3. The highest BCUT2D eigenvalue weighted by Gasteiger charge is 2.27. The third-order valence-corrected chi connectivity index (χ3v) is 3.31. The molecule has 0 saturated carbocycles. The lowest BCUT2D eigenvalue weighted by Crippen LogP contribution is -2.45. The van der Waals surface area contributed by atoms with Crippen LogP contribution in [0.2, 0.25) is 0 Å². The van der Waals surface area contributed by atoms with E-state index in [0.717, 1.165) is 5.57 Å². The summed E-state index contributed by atoms with van der Waals surface area (Å²) in [6.45, 7) is 3.70. The molecule has 0 fully saturated rings. The van der Waals surface area contributed by atoms with Crippen LogP contribution in [0.5, 0.6) is 0 Å². The lowest BCUT2D eigenvalue weighted by molar-refractivity contribution is -0.727. The molecule has 0 aromatic rings. The molecule has 0 aliphatic carbocycles. The Bertz CT molecular complexity index is 380. The zero-order chi connectivity index (χ0) is 10.1. The predicted molar refractivity (Wildman–Crippen MR) is 48.2 cm³/mol. The van der Waals surface area contributed by atoms with Crippen molar-refractivity contribution >= 4 is 10.3 Å². The second kappa shape index (κ2) is 3.10. The average molecular weight is 201 g/mol. The molecule has 72 valence electrons. The van der Waals surface area contributed by atoms with Crippen LogP contribution in [0.1, 0.15) is 0 Å². The molecule has 0 bridgehead atoms. The number of allylic oxidation sites excluding steroid dienone is 3. The summed E-state index contributed by atoms with van der Waals surface area (Å²) in [5.41, 5.74) is 0.833. The minimum Gasteiger partial charge on any atom is -0.701 e. The highest BCUT2D eigenvalue weighted by atomic mass is 32.2. The van der Waals surface area contributed by atoms with E-state index in [1.165, 1.54) is 13.2 Å². The van der Waals surface area contributed by atoms with Crippen molar-refractivity contribution in [3.63, 3.8) is 0 Å². The fraction of sp³-hybridized carbons (Fsp3) is 0.250. The van der Waals surface area contributed by atoms with Crippen LogP contribution < -0.4 is 0 Å². The van der Waals surface area contributed by atoms with Crippen molar-refractivity contribution in [1.29, 1.82) is 0 Å². The Morgan fingerprint density at radius 2 is 2.31 bits per heavy atom. The molecule has 1 atom stereocenters. The number of rotatable bonds is 2. The van der Waals surface area contributed by atoms with Gasteiger partial charge in [0.15, 0.2) is 0 Å². The number of nitrogens with zero attached hydrogens (tertiary/aromatic N) is 1. The van der Waals surface area contributed by atoms with Gasteiger partial charge in [0, 0.05) is 0 Å². The Hall–Kier alpha value is -0.910. The molecule has 0 radical (unpaired) electrons. The summed E-state index contributed by atoms with van der Waals surface area (Å²) in [6.07, 6.45) is 6.21. The quantitative estimate of drug-likeness (QED) is 0.484. The van der Waals surface area contributed by atoms with Gasteiger partial charge in [0.1, 0.15) is 12.7 Å². The van der Waals surface area contributed by atoms with E-state index >= 15 is 0 Å². The van der Waals surface area contributed by atoms with Gasteiger partial charge in [-0.25, -0.2) is 3.89 Å². The molecular formula is C8H11NO3S. The van der Waals surface area contributed by atoms with E-state index in [9.17, 15) is 13.0 Å². The number of quaternary nitrogens is 1. The van der Waals surface area contributed by atoms with E-state index in [2.05, 4.69) is 6.58 Å². The fourth-order valence-corrected chi connectivity index (χ4v) is 1.44. The Morgan fingerprint density at radius 3 is 2.62 bits per heavy atom. The highest BCUT2D eigenvalue weighted by molar-refractivity contribution is 7.80. The van der Waals surface area contributed by atoms with Crippen LogP contribution in [0.3, 0.4) is 0 Å². The van der Waals surface area contributed by atoms with E-state index in [1.807, 2.05) is 0 Å². The minimum absolute atomic E-state index is 0.156. The molecule has 1 unspecified atom stereocenters. The largest absolute Gasteiger partial charge is 0.701 e. The van der Waals surface area contributed by atoms with Crippen LogP contribution in [0.15, 0.2) is 36.6 Å². The molecule has 0 N–H and O–H groups in total. The van der Waals surface area contributed by atoms with Gasteiger partial charge in [0.2, 0.25) is 0 Å². The van der Waals surface area contributed by atoms with Gasteiger partial charge in [-0.05, 0) is 17.7 Å². The van der Waals surface area contributed by atoms with Gasteiger partial charge in [0.05, 0.1) is 7.05 Å². The van der Waals surface area contributed by atoms with E-state index in [4.69, 9.17) is 0 Å². The molecule has 0 spiro atoms. The van der Waals surface area contributed by atoms with Crippen LogP contribution in [-0.4, -0.2) is 30.5 Å². The van der Waals surface area contributed by atoms with Gasteiger partial charge < -0.3 is 4.55 Å². The molecule has 0 saturated heterocycles. The number of likely N-dealkylation sites (N-methyl/N-ethyl adjacent to an activating group) is 1. The lowest BCUT2D eigenvalue weighted by atomic mass is 10.2. The van der Waals surface area contributed by atoms with Gasteiger partial charge in [-0.3, -0.25) is 0 Å². The van der Waals surface area contributed by atoms with E-state index in [-0.39, 0.29) is 6.54 Å². The van der Waals surface area contributed by atoms with Crippen molar-refractivity contribution in [2.75, 3.05) is 13.6 Å². The lowest BCUT2D eigenvalue weighted by Gasteiger charge is -2.32. The summed E-state index contributed by atoms with van der Waals surface area (Å²) in [5.74, 6) is 0. The Morgan fingerprint density at radius 1 is 1.69 bits per heavy atom. The first-order valence-corrected chi connectivity index (χ1v) is 5.09. The molecule has 0 aromatic heterocycles. The minimum atomic E-state index is -4.34. The third-order valence-electron chi connectivity index (χ3n) is 2.02. The smallest absolute Gasteiger partial charge is 0.258 e. The van der Waals surface area contributed by atoms with Crippen LogP contribution in [0, 0.1) is 0 Å². The van der Waals surface area contributed by atoms with Crippen molar-refractivity contribution in [3.05, 3.63) is 36.6 Å². The van der Waals surface area contributed by atoms with Gasteiger partial charge in [-0.15, -0.1) is 0 Å². The van der Waals surface area contributed by atoms with Crippen LogP contribution >= 0.6 is 0 Å². The van der Waals surface area contributed by atoms with Crippen LogP contribution in [0.25, 0.3) is 0 Å². The Kier molecular flexibility index (Phi) is 2.42. The molecular weight excluding hydrogens is 190 g/mol. The first-order valence-electron chi connectivity index (χ1n) is 3.72. The molecule has 5 heteroatoms. The van der Waals surface area contributed by atoms with Crippen LogP contribution in [-0.2, 0) is 10.3 Å². The first kappa shape index (κ1) is 10.2. The van der Waals surface area contributed by atoms with Crippen molar-refractivity contribution < 1.29 is 16.9 Å². The molecule has 1 heterocycles. The molecule has 1 aliphatic heterocycles. The maximum Gasteiger partial charge on any atom is 0.258 e. The topological polar surface area (TPSA) is 57.2 Å². The second-order valence-corrected chi connectivity index (χ2v) is 4.70. The monoisotopic (exact) mass is 201 g/mol. The Labute approximate surface area is 78.0 Å². The van der Waals surface area contributed by atoms with Crippen molar-refractivity contribution in [3.8, 4) is 0 Å². The maximum atomic E-state index is 10.8. The summed E-state index contributed by atoms with van der Waals surface area (Å²) in [6, 6.07) is 0. The summed E-state index contributed by atoms with van der Waals surface area (Å²) in [5, 5.41) is 0. The zero-order valence-electron chi connectivity index (χ0n) is 7.30. The summed E-state index contributed by atoms with van der Waals surface area (Å²) < 4.78 is 31.8. The summed E-state index contributed by atoms with van der Waals surface area (Å²) in [7, 11) is -2.98. The van der Waals surface area contributed by atoms with Gasteiger partial charge in [-0.2, -0.15) is 8.42 Å². The SMILES string of the molecule is C=CC1=CC[N+](C)(S(=O)(=O)[O-])C=C1. The summed E-state index contributed by atoms with van der Waals surface area (Å²) >= 11 is 0. The van der Waals surface area contributed by atoms with E-state index < -0.39 is 14.2 Å².